The Morgan fingerprint density at radius 2 is 1.96 bits per heavy atom. The molecule has 0 spiro atoms. The number of rotatable bonds is 6. The average molecular weight is 333 g/mol. The summed E-state index contributed by atoms with van der Waals surface area (Å²) in [7, 11) is 3.49. The van der Waals surface area contributed by atoms with Crippen LogP contribution in [-0.2, 0) is 0 Å². The summed E-state index contributed by atoms with van der Waals surface area (Å²) in [6, 6.07) is 7.04. The summed E-state index contributed by atoms with van der Waals surface area (Å²) in [6.45, 7) is 8.96. The molecule has 2 heterocycles. The third kappa shape index (κ3) is 3.85. The van der Waals surface area contributed by atoms with Crippen LogP contribution < -0.4 is 14.8 Å². The Labute approximate surface area is 145 Å². The predicted molar refractivity (Wildman–Crippen MR) is 97.0 cm³/mol. The van der Waals surface area contributed by atoms with Crippen LogP contribution in [0.3, 0.4) is 0 Å². The van der Waals surface area contributed by atoms with Gasteiger partial charge >= 0.3 is 0 Å². The summed E-state index contributed by atoms with van der Waals surface area (Å²) in [5.74, 6) is 1.87. The molecule has 2 fully saturated rings. The molecule has 1 N–H and O–H groups in total. The van der Waals surface area contributed by atoms with E-state index < -0.39 is 0 Å². The third-order valence-electron chi connectivity index (χ3n) is 5.38. The molecule has 3 rings (SSSR count). The van der Waals surface area contributed by atoms with E-state index in [0.717, 1.165) is 37.7 Å². The minimum Gasteiger partial charge on any atom is -0.497 e. The quantitative estimate of drug-likeness (QED) is 0.863. The Kier molecular flexibility index (Phi) is 5.98. The second-order valence-electron chi connectivity index (χ2n) is 6.92. The van der Waals surface area contributed by atoms with Crippen molar-refractivity contribution < 1.29 is 9.47 Å². The second-order valence-corrected chi connectivity index (χ2v) is 6.92. The fraction of sp³-hybridized carbons (Fsp3) is 0.684. The first-order chi connectivity index (χ1) is 11.7. The van der Waals surface area contributed by atoms with E-state index in [1.54, 1.807) is 14.2 Å². The van der Waals surface area contributed by atoms with Crippen molar-refractivity contribution in [3.05, 3.63) is 23.8 Å². The van der Waals surface area contributed by atoms with Crippen LogP contribution in [-0.4, -0.2) is 69.3 Å². The second kappa shape index (κ2) is 8.19. The van der Waals surface area contributed by atoms with Gasteiger partial charge in [-0.15, -0.1) is 0 Å². The van der Waals surface area contributed by atoms with Crippen LogP contribution in [0.15, 0.2) is 18.2 Å². The highest BCUT2D eigenvalue weighted by molar-refractivity contribution is 5.42. The van der Waals surface area contributed by atoms with Crippen molar-refractivity contribution in [3.63, 3.8) is 0 Å². The molecule has 0 aromatic heterocycles. The zero-order chi connectivity index (χ0) is 16.9. The van der Waals surface area contributed by atoms with Crippen LogP contribution in [0.4, 0.5) is 0 Å². The van der Waals surface area contributed by atoms with E-state index in [1.165, 1.54) is 31.5 Å². The summed E-state index contributed by atoms with van der Waals surface area (Å²) < 4.78 is 11.2. The first-order valence-electron chi connectivity index (χ1n) is 9.13. The summed E-state index contributed by atoms with van der Waals surface area (Å²) in [4.78, 5) is 5.23. The summed E-state index contributed by atoms with van der Waals surface area (Å²) in [5, 5.41) is 3.50. The Hall–Kier alpha value is -1.30. The fourth-order valence-corrected chi connectivity index (χ4v) is 4.01. The molecule has 134 valence electrons. The molecule has 2 aliphatic rings. The van der Waals surface area contributed by atoms with Crippen molar-refractivity contribution in [1.82, 2.24) is 15.1 Å². The molecular formula is C19H31N3O2. The number of likely N-dealkylation sites (tertiary alicyclic amines) is 1. The molecule has 2 atom stereocenters. The molecule has 0 radical (unpaired) electrons. The van der Waals surface area contributed by atoms with Gasteiger partial charge in [-0.2, -0.15) is 0 Å². The molecule has 1 aromatic rings. The first-order valence-corrected chi connectivity index (χ1v) is 9.13. The number of ether oxygens (including phenoxy) is 2. The van der Waals surface area contributed by atoms with Gasteiger partial charge in [-0.25, -0.2) is 0 Å². The number of benzene rings is 1. The predicted octanol–water partition coefficient (Wildman–Crippen LogP) is 2.13. The summed E-state index contributed by atoms with van der Waals surface area (Å²) >= 11 is 0. The van der Waals surface area contributed by atoms with Crippen LogP contribution in [0.5, 0.6) is 11.5 Å². The van der Waals surface area contributed by atoms with Gasteiger partial charge in [-0.05, 0) is 51.1 Å². The Balaban J connectivity index is 1.93. The molecule has 1 aromatic carbocycles. The van der Waals surface area contributed by atoms with Gasteiger partial charge in [-0.1, -0.05) is 0 Å². The zero-order valence-electron chi connectivity index (χ0n) is 15.3. The molecule has 0 saturated carbocycles. The lowest BCUT2D eigenvalue weighted by Crippen LogP contribution is -2.53. The molecule has 24 heavy (non-hydrogen) atoms. The minimum atomic E-state index is 0.338. The Morgan fingerprint density at radius 1 is 1.17 bits per heavy atom. The van der Waals surface area contributed by atoms with E-state index in [1.807, 2.05) is 12.1 Å². The lowest BCUT2D eigenvalue weighted by molar-refractivity contribution is 0.0890. The highest BCUT2D eigenvalue weighted by Gasteiger charge is 2.31. The van der Waals surface area contributed by atoms with Gasteiger partial charge in [0.05, 0.1) is 20.3 Å². The van der Waals surface area contributed by atoms with Crippen LogP contribution in [0.2, 0.25) is 0 Å². The van der Waals surface area contributed by atoms with Gasteiger partial charge in [0.15, 0.2) is 0 Å². The lowest BCUT2D eigenvalue weighted by atomic mass is 10.00. The smallest absolute Gasteiger partial charge is 0.123 e. The molecule has 2 unspecified atom stereocenters. The van der Waals surface area contributed by atoms with Crippen molar-refractivity contribution in [2.75, 3.05) is 53.5 Å². The summed E-state index contributed by atoms with van der Waals surface area (Å²) in [6.07, 6.45) is 2.64. The number of hydrogen-bond donors (Lipinski definition) is 1. The van der Waals surface area contributed by atoms with Crippen LogP contribution >= 0.6 is 0 Å². The lowest BCUT2D eigenvalue weighted by Gasteiger charge is -2.42. The third-order valence-corrected chi connectivity index (χ3v) is 5.38. The number of nitrogens with one attached hydrogen (secondary N) is 1. The van der Waals surface area contributed by atoms with Gasteiger partial charge in [0.1, 0.15) is 11.5 Å². The largest absolute Gasteiger partial charge is 0.497 e. The van der Waals surface area contributed by atoms with Crippen molar-refractivity contribution in [2.45, 2.75) is 31.8 Å². The van der Waals surface area contributed by atoms with Gasteiger partial charge in [0.2, 0.25) is 0 Å². The monoisotopic (exact) mass is 333 g/mol. The molecular weight excluding hydrogens is 302 g/mol. The molecule has 0 bridgehead atoms. The maximum Gasteiger partial charge on any atom is 0.123 e. The molecule has 2 saturated heterocycles. The maximum atomic E-state index is 5.70. The van der Waals surface area contributed by atoms with Crippen LogP contribution in [0.25, 0.3) is 0 Å². The van der Waals surface area contributed by atoms with Crippen molar-refractivity contribution in [2.24, 2.45) is 0 Å². The molecule has 0 amide bonds. The SMILES string of the molecule is COc1ccc(OC)c(C(CN2CCCC2)N2CCNCC2C)c1. The zero-order valence-corrected chi connectivity index (χ0v) is 15.3. The topological polar surface area (TPSA) is 37.0 Å². The fourth-order valence-electron chi connectivity index (χ4n) is 4.01. The summed E-state index contributed by atoms with van der Waals surface area (Å²) in [5.41, 5.74) is 1.25. The van der Waals surface area contributed by atoms with E-state index in [4.69, 9.17) is 9.47 Å². The van der Waals surface area contributed by atoms with Crippen LogP contribution in [0, 0.1) is 0 Å². The molecule has 2 aliphatic heterocycles. The maximum absolute atomic E-state index is 5.70. The Morgan fingerprint density at radius 3 is 2.62 bits per heavy atom. The van der Waals surface area contributed by atoms with E-state index in [9.17, 15) is 0 Å². The van der Waals surface area contributed by atoms with E-state index in [0.29, 0.717) is 12.1 Å². The molecule has 5 heteroatoms. The first kappa shape index (κ1) is 17.5. The van der Waals surface area contributed by atoms with Gasteiger partial charge < -0.3 is 19.7 Å². The normalized spacial score (nSPS) is 24.0. The van der Waals surface area contributed by atoms with Gasteiger partial charge in [-0.3, -0.25) is 4.90 Å². The van der Waals surface area contributed by atoms with Crippen LogP contribution in [0.1, 0.15) is 31.4 Å². The van der Waals surface area contributed by atoms with Gasteiger partial charge in [0, 0.05) is 37.8 Å². The van der Waals surface area contributed by atoms with E-state index >= 15 is 0 Å². The van der Waals surface area contributed by atoms with E-state index in [2.05, 4.69) is 28.1 Å². The van der Waals surface area contributed by atoms with Crippen molar-refractivity contribution in [1.29, 1.82) is 0 Å². The highest BCUT2D eigenvalue weighted by atomic mass is 16.5. The Bertz CT molecular complexity index is 531. The molecule has 5 nitrogen and oxygen atoms in total. The number of nitrogens with zero attached hydrogens (tertiary/aromatic N) is 2. The van der Waals surface area contributed by atoms with Gasteiger partial charge in [0.25, 0.3) is 0 Å². The average Bonchev–Trinajstić information content (AvgIpc) is 3.13. The standard InChI is InChI=1S/C19H31N3O2/c1-15-13-20-8-11-22(15)18(14-21-9-4-5-10-21)17-12-16(23-2)6-7-19(17)24-3/h6-7,12,15,18,20H,4-5,8-11,13-14H2,1-3H3. The van der Waals surface area contributed by atoms with Crippen molar-refractivity contribution >= 4 is 0 Å². The van der Waals surface area contributed by atoms with E-state index in [-0.39, 0.29) is 0 Å². The number of methoxy groups -OCH3 is 2. The molecule has 0 aliphatic carbocycles. The minimum absolute atomic E-state index is 0.338. The highest BCUT2D eigenvalue weighted by Crippen LogP contribution is 2.35. The number of hydrogen-bond acceptors (Lipinski definition) is 5. The number of piperazine rings is 1. The van der Waals surface area contributed by atoms with Crippen molar-refractivity contribution in [3.8, 4) is 11.5 Å².